The van der Waals surface area contributed by atoms with E-state index in [-0.39, 0.29) is 35.0 Å². The summed E-state index contributed by atoms with van der Waals surface area (Å²) in [5.41, 5.74) is 3.99. The van der Waals surface area contributed by atoms with Crippen molar-refractivity contribution in [1.29, 1.82) is 0 Å². The molecule has 3 atom stereocenters. The number of hydrogen-bond donors (Lipinski definition) is 0. The molecule has 3 aromatic carbocycles. The Labute approximate surface area is 248 Å². The maximum atomic E-state index is 13.3. The van der Waals surface area contributed by atoms with Gasteiger partial charge in [0.2, 0.25) is 11.8 Å². The first-order valence-electron chi connectivity index (χ1n) is 14.0. The number of aryl methyl sites for hydroxylation is 1. The van der Waals surface area contributed by atoms with Gasteiger partial charge in [-0.1, -0.05) is 42.3 Å². The predicted molar refractivity (Wildman–Crippen MR) is 160 cm³/mol. The van der Waals surface area contributed by atoms with E-state index in [4.69, 9.17) is 21.3 Å². The maximum Gasteiger partial charge on any atom is 0.339 e. The van der Waals surface area contributed by atoms with E-state index in [1.54, 1.807) is 54.6 Å². The molecule has 1 saturated heterocycles. The molecule has 2 aliphatic rings. The molecule has 6 rings (SSSR count). The summed E-state index contributed by atoms with van der Waals surface area (Å²) in [4.78, 5) is 58.3. The molecule has 0 bridgehead atoms. The molecule has 0 radical (unpaired) electrons. The van der Waals surface area contributed by atoms with Crippen LogP contribution < -0.4 is 4.90 Å². The minimum atomic E-state index is -0.640. The Hall–Kier alpha value is -4.36. The van der Waals surface area contributed by atoms with Crippen molar-refractivity contribution in [2.45, 2.75) is 33.1 Å². The number of rotatable bonds is 6. The Balaban J connectivity index is 1.27. The van der Waals surface area contributed by atoms with E-state index >= 15 is 0 Å². The highest BCUT2D eigenvalue weighted by atomic mass is 35.5. The number of benzene rings is 3. The maximum absolute atomic E-state index is 13.3. The molecule has 2 heterocycles. The monoisotopic (exact) mass is 580 g/mol. The van der Waals surface area contributed by atoms with Gasteiger partial charge in [0.05, 0.1) is 34.3 Å². The van der Waals surface area contributed by atoms with Gasteiger partial charge in [-0.2, -0.15) is 0 Å². The number of halogens is 1. The number of imide groups is 1. The number of carbonyl (C=O) groups is 4. The number of anilines is 1. The first kappa shape index (κ1) is 27.8. The van der Waals surface area contributed by atoms with Crippen LogP contribution in [0.25, 0.3) is 22.2 Å². The highest BCUT2D eigenvalue weighted by Gasteiger charge is 2.49. The predicted octanol–water partition coefficient (Wildman–Crippen LogP) is 6.83. The number of aromatic nitrogens is 1. The molecule has 212 valence electrons. The number of amides is 2. The van der Waals surface area contributed by atoms with Crippen LogP contribution in [0, 0.1) is 24.7 Å². The molecule has 2 fully saturated rings. The van der Waals surface area contributed by atoms with Crippen molar-refractivity contribution < 1.29 is 23.9 Å². The Kier molecular flexibility index (Phi) is 7.37. The second kappa shape index (κ2) is 11.1. The Morgan fingerprint density at radius 2 is 1.64 bits per heavy atom. The number of ether oxygens (including phenoxy) is 1. The van der Waals surface area contributed by atoms with Gasteiger partial charge >= 0.3 is 5.97 Å². The standard InChI is InChI=1S/C34H29ClN2O5/c1-19-3-13-25-27(16-19)33(40)37(32(25)39)24-11-7-21(8-12-24)30-17-28(26-15-20(2)4-14-29(26)36-30)34(41)42-18-31(38)22-5-9-23(35)10-6-22/h4-12,14-15,17,19,25,27H,3,13,16,18H2,1-2H3/t19-,25-,27-/m0/s1. The van der Waals surface area contributed by atoms with Crippen LogP contribution in [0.3, 0.4) is 0 Å². The third kappa shape index (κ3) is 5.21. The topological polar surface area (TPSA) is 93.6 Å². The number of ketones is 1. The summed E-state index contributed by atoms with van der Waals surface area (Å²) in [7, 11) is 0. The molecular formula is C34H29ClN2O5. The highest BCUT2D eigenvalue weighted by Crippen LogP contribution is 2.42. The number of carbonyl (C=O) groups excluding carboxylic acids is 4. The van der Waals surface area contributed by atoms with Gasteiger partial charge in [-0.25, -0.2) is 9.78 Å². The van der Waals surface area contributed by atoms with Crippen molar-refractivity contribution in [3.8, 4) is 11.3 Å². The zero-order valence-corrected chi connectivity index (χ0v) is 24.1. The van der Waals surface area contributed by atoms with Crippen LogP contribution in [-0.2, 0) is 14.3 Å². The Morgan fingerprint density at radius 1 is 0.929 bits per heavy atom. The third-order valence-corrected chi connectivity index (χ3v) is 8.55. The van der Waals surface area contributed by atoms with Crippen LogP contribution in [-0.4, -0.2) is 35.2 Å². The second-order valence-electron chi connectivity index (χ2n) is 11.3. The van der Waals surface area contributed by atoms with Crippen molar-refractivity contribution >= 4 is 51.8 Å². The molecular weight excluding hydrogens is 552 g/mol. The normalized spacial score (nSPS) is 20.1. The van der Waals surface area contributed by atoms with Crippen LogP contribution in [0.2, 0.25) is 5.02 Å². The summed E-state index contributed by atoms with van der Waals surface area (Å²) in [6, 6.07) is 20.7. The molecule has 7 nitrogen and oxygen atoms in total. The fraction of sp³-hybridized carbons (Fsp3) is 0.265. The number of pyridine rings is 1. The van der Waals surface area contributed by atoms with E-state index in [2.05, 4.69) is 6.92 Å². The number of nitrogens with zero attached hydrogens (tertiary/aromatic N) is 2. The van der Waals surface area contributed by atoms with Gasteiger partial charge < -0.3 is 4.74 Å². The lowest BCUT2D eigenvalue weighted by Gasteiger charge is -2.25. The lowest BCUT2D eigenvalue weighted by atomic mass is 9.76. The van der Waals surface area contributed by atoms with Gasteiger partial charge in [0.15, 0.2) is 12.4 Å². The first-order valence-corrected chi connectivity index (χ1v) is 14.4. The van der Waals surface area contributed by atoms with E-state index < -0.39 is 12.6 Å². The van der Waals surface area contributed by atoms with Crippen molar-refractivity contribution in [3.05, 3.63) is 94.5 Å². The minimum absolute atomic E-state index is 0.123. The van der Waals surface area contributed by atoms with Gasteiger partial charge in [0.25, 0.3) is 0 Å². The highest BCUT2D eigenvalue weighted by molar-refractivity contribution is 6.30. The zero-order chi connectivity index (χ0) is 29.5. The average molecular weight is 581 g/mol. The second-order valence-corrected chi connectivity index (χ2v) is 11.7. The molecule has 4 aromatic rings. The Morgan fingerprint density at radius 3 is 2.38 bits per heavy atom. The van der Waals surface area contributed by atoms with E-state index in [0.717, 1.165) is 24.8 Å². The summed E-state index contributed by atoms with van der Waals surface area (Å²) < 4.78 is 5.45. The van der Waals surface area contributed by atoms with Crippen LogP contribution in [0.1, 0.15) is 52.5 Å². The van der Waals surface area contributed by atoms with Gasteiger partial charge in [-0.15, -0.1) is 0 Å². The molecule has 2 amide bonds. The third-order valence-electron chi connectivity index (χ3n) is 8.29. The minimum Gasteiger partial charge on any atom is -0.454 e. The first-order chi connectivity index (χ1) is 20.2. The van der Waals surface area contributed by atoms with E-state index in [0.29, 0.717) is 44.4 Å². The van der Waals surface area contributed by atoms with Crippen LogP contribution >= 0.6 is 11.6 Å². The largest absolute Gasteiger partial charge is 0.454 e. The Bertz CT molecular complexity index is 1730. The van der Waals surface area contributed by atoms with Gasteiger partial charge in [0.1, 0.15) is 0 Å². The molecule has 0 N–H and O–H groups in total. The van der Waals surface area contributed by atoms with Crippen LogP contribution in [0.4, 0.5) is 5.69 Å². The van der Waals surface area contributed by atoms with Crippen molar-refractivity contribution in [1.82, 2.24) is 4.98 Å². The quantitative estimate of drug-likeness (QED) is 0.141. The molecule has 1 saturated carbocycles. The lowest BCUT2D eigenvalue weighted by Crippen LogP contribution is -2.30. The molecule has 1 aliphatic carbocycles. The molecule has 8 heteroatoms. The summed E-state index contributed by atoms with van der Waals surface area (Å²) >= 11 is 5.91. The van der Waals surface area contributed by atoms with Crippen LogP contribution in [0.15, 0.2) is 72.8 Å². The SMILES string of the molecule is Cc1ccc2nc(-c3ccc(N4C(=O)[C@H]5CC[C@H](C)C[C@@H]5C4=O)cc3)cc(C(=O)OCC(=O)c3ccc(Cl)cc3)c2c1. The number of Topliss-reactive ketones (excluding diaryl/α,β-unsaturated/α-hetero) is 1. The summed E-state index contributed by atoms with van der Waals surface area (Å²) in [6.45, 7) is 3.63. The smallest absolute Gasteiger partial charge is 0.339 e. The van der Waals surface area contributed by atoms with Gasteiger partial charge in [-0.05, 0) is 86.7 Å². The summed E-state index contributed by atoms with van der Waals surface area (Å²) in [5.74, 6) is -1.27. The van der Waals surface area contributed by atoms with E-state index in [9.17, 15) is 19.2 Å². The fourth-order valence-corrected chi connectivity index (χ4v) is 6.14. The van der Waals surface area contributed by atoms with Crippen molar-refractivity contribution in [2.24, 2.45) is 17.8 Å². The molecule has 0 spiro atoms. The fourth-order valence-electron chi connectivity index (χ4n) is 6.01. The molecule has 1 aromatic heterocycles. The molecule has 0 unspecified atom stereocenters. The summed E-state index contributed by atoms with van der Waals surface area (Å²) in [6.07, 6.45) is 2.45. The zero-order valence-electron chi connectivity index (χ0n) is 23.3. The van der Waals surface area contributed by atoms with Crippen LogP contribution in [0.5, 0.6) is 0 Å². The molecule has 1 aliphatic heterocycles. The number of hydrogen-bond acceptors (Lipinski definition) is 6. The van der Waals surface area contributed by atoms with Crippen molar-refractivity contribution in [2.75, 3.05) is 11.5 Å². The van der Waals surface area contributed by atoms with Gasteiger partial charge in [-0.3, -0.25) is 19.3 Å². The van der Waals surface area contributed by atoms with Crippen molar-refractivity contribution in [3.63, 3.8) is 0 Å². The molecule has 42 heavy (non-hydrogen) atoms. The number of fused-ring (bicyclic) bond motifs is 2. The lowest BCUT2D eigenvalue weighted by molar-refractivity contribution is -0.122. The number of esters is 1. The van der Waals surface area contributed by atoms with Gasteiger partial charge in [0, 0.05) is 21.5 Å². The van der Waals surface area contributed by atoms with E-state index in [1.807, 2.05) is 25.1 Å². The summed E-state index contributed by atoms with van der Waals surface area (Å²) in [5, 5.41) is 1.12. The van der Waals surface area contributed by atoms with E-state index in [1.165, 1.54) is 4.90 Å². The average Bonchev–Trinajstić information content (AvgIpc) is 3.24.